The molecule has 1 rings (SSSR count). The summed E-state index contributed by atoms with van der Waals surface area (Å²) in [5.74, 6) is -0.188. The maximum Gasteiger partial charge on any atom is 0.220 e. The van der Waals surface area contributed by atoms with E-state index in [1.165, 1.54) is 161 Å². The summed E-state index contributed by atoms with van der Waals surface area (Å²) in [5.41, 5.74) is 0. The van der Waals surface area contributed by atoms with E-state index in [0.717, 1.165) is 38.5 Å². The maximum absolute atomic E-state index is 12.9. The number of aliphatic hydroxyl groups is 5. The molecule has 1 amide bonds. The van der Waals surface area contributed by atoms with E-state index in [4.69, 9.17) is 9.47 Å². The first-order valence-corrected chi connectivity index (χ1v) is 24.1. The molecule has 0 spiro atoms. The number of nitrogens with one attached hydrogen (secondary N) is 1. The smallest absolute Gasteiger partial charge is 0.220 e. The van der Waals surface area contributed by atoms with Crippen LogP contribution in [0.2, 0.25) is 0 Å². The lowest BCUT2D eigenvalue weighted by Crippen LogP contribution is -2.60. The highest BCUT2D eigenvalue weighted by Crippen LogP contribution is 2.23. The molecule has 7 unspecified atom stereocenters. The Labute approximate surface area is 349 Å². The molecule has 0 bridgehead atoms. The SMILES string of the molecule is CCCCCCCCCCCCCCCCCCCC/C=C/CC/C=C/C(O)C(COC1OC(CO)C(O)C(O)C1O)NC(=O)CCCCCCCCCCCC. The number of carbonyl (C=O) groups is 1. The molecular weight excluding hydrogens is 719 g/mol. The van der Waals surface area contributed by atoms with Crippen LogP contribution in [-0.2, 0) is 14.3 Å². The fraction of sp³-hybridized carbons (Fsp3) is 0.896. The maximum atomic E-state index is 12.9. The average molecular weight is 810 g/mol. The van der Waals surface area contributed by atoms with Gasteiger partial charge in [-0.2, -0.15) is 0 Å². The molecule has 0 aliphatic carbocycles. The van der Waals surface area contributed by atoms with E-state index in [1.54, 1.807) is 6.08 Å². The molecule has 1 aliphatic rings. The summed E-state index contributed by atoms with van der Waals surface area (Å²) in [4.78, 5) is 12.9. The van der Waals surface area contributed by atoms with Crippen LogP contribution in [0, 0.1) is 0 Å². The summed E-state index contributed by atoms with van der Waals surface area (Å²) in [6.07, 6.45) is 39.6. The Morgan fingerprint density at radius 3 is 1.47 bits per heavy atom. The minimum atomic E-state index is -1.57. The van der Waals surface area contributed by atoms with Crippen LogP contribution in [0.4, 0.5) is 0 Å². The van der Waals surface area contributed by atoms with Gasteiger partial charge in [-0.25, -0.2) is 0 Å². The number of allylic oxidation sites excluding steroid dienone is 3. The lowest BCUT2D eigenvalue weighted by molar-refractivity contribution is -0.302. The third kappa shape index (κ3) is 29.5. The van der Waals surface area contributed by atoms with Crippen LogP contribution in [0.25, 0.3) is 0 Å². The molecule has 1 saturated heterocycles. The Hall–Kier alpha value is -1.33. The van der Waals surface area contributed by atoms with Crippen molar-refractivity contribution in [1.29, 1.82) is 0 Å². The second-order valence-corrected chi connectivity index (χ2v) is 16.9. The highest BCUT2D eigenvalue weighted by Gasteiger charge is 2.44. The van der Waals surface area contributed by atoms with Gasteiger partial charge in [0.1, 0.15) is 24.4 Å². The first-order valence-electron chi connectivity index (χ1n) is 24.1. The Balaban J connectivity index is 2.28. The van der Waals surface area contributed by atoms with Gasteiger partial charge in [-0.05, 0) is 32.1 Å². The third-order valence-corrected chi connectivity index (χ3v) is 11.5. The molecule has 336 valence electrons. The number of hydrogen-bond donors (Lipinski definition) is 6. The Morgan fingerprint density at radius 1 is 0.579 bits per heavy atom. The average Bonchev–Trinajstić information content (AvgIpc) is 3.21. The minimum absolute atomic E-state index is 0.188. The first-order chi connectivity index (χ1) is 27.8. The monoisotopic (exact) mass is 810 g/mol. The summed E-state index contributed by atoms with van der Waals surface area (Å²) >= 11 is 0. The van der Waals surface area contributed by atoms with Gasteiger partial charge in [0.15, 0.2) is 6.29 Å². The van der Waals surface area contributed by atoms with Crippen LogP contribution < -0.4 is 5.32 Å². The van der Waals surface area contributed by atoms with Gasteiger partial charge in [0.05, 0.1) is 25.4 Å². The van der Waals surface area contributed by atoms with Gasteiger partial charge < -0.3 is 40.3 Å². The molecule has 9 heteroatoms. The van der Waals surface area contributed by atoms with Gasteiger partial charge in [0.25, 0.3) is 0 Å². The van der Waals surface area contributed by atoms with Crippen molar-refractivity contribution in [1.82, 2.24) is 5.32 Å². The molecule has 1 heterocycles. The molecular formula is C48H91NO8. The number of amides is 1. The molecule has 6 N–H and O–H groups in total. The quantitative estimate of drug-likeness (QED) is 0.0265. The van der Waals surface area contributed by atoms with E-state index in [-0.39, 0.29) is 12.5 Å². The molecule has 0 aromatic heterocycles. The Kier molecular flexibility index (Phi) is 36.6. The van der Waals surface area contributed by atoms with E-state index in [2.05, 4.69) is 31.3 Å². The van der Waals surface area contributed by atoms with Crippen molar-refractivity contribution >= 4 is 5.91 Å². The topological polar surface area (TPSA) is 149 Å². The standard InChI is InChI=1S/C48H91NO8/c1-3-5-7-9-11-13-15-16-17-18-19-20-21-22-23-24-25-26-27-28-29-31-33-35-37-42(51)41(40-56-48-47(55)46(54)45(53)43(39-50)57-48)49-44(52)38-36-34-32-30-14-12-10-8-6-4-2/h28-29,35,37,41-43,45-48,50-51,53-55H,3-27,30-34,36,38-40H2,1-2H3,(H,49,52)/b29-28+,37-35+. The zero-order valence-electron chi connectivity index (χ0n) is 36.9. The van der Waals surface area contributed by atoms with Crippen LogP contribution in [0.15, 0.2) is 24.3 Å². The van der Waals surface area contributed by atoms with Gasteiger partial charge in [-0.1, -0.05) is 205 Å². The molecule has 57 heavy (non-hydrogen) atoms. The van der Waals surface area contributed by atoms with E-state index in [1.807, 2.05) is 6.08 Å². The van der Waals surface area contributed by atoms with E-state index < -0.39 is 49.5 Å². The molecule has 0 radical (unpaired) electrons. The zero-order chi connectivity index (χ0) is 41.6. The second kappa shape index (κ2) is 38.8. The lowest BCUT2D eigenvalue weighted by atomic mass is 9.99. The van der Waals surface area contributed by atoms with Crippen molar-refractivity contribution in [3.05, 3.63) is 24.3 Å². The first kappa shape index (κ1) is 53.7. The van der Waals surface area contributed by atoms with Gasteiger partial charge in [0.2, 0.25) is 5.91 Å². The largest absolute Gasteiger partial charge is 0.394 e. The molecule has 7 atom stereocenters. The third-order valence-electron chi connectivity index (χ3n) is 11.5. The van der Waals surface area contributed by atoms with Gasteiger partial charge in [-0.15, -0.1) is 0 Å². The number of hydrogen-bond acceptors (Lipinski definition) is 8. The number of rotatable bonds is 40. The molecule has 1 fully saturated rings. The Bertz CT molecular complexity index is 945. The van der Waals surface area contributed by atoms with Crippen LogP contribution in [0.3, 0.4) is 0 Å². The number of aliphatic hydroxyl groups excluding tert-OH is 5. The summed E-state index contributed by atoms with van der Waals surface area (Å²) in [6, 6.07) is -0.815. The second-order valence-electron chi connectivity index (χ2n) is 16.9. The van der Waals surface area contributed by atoms with Crippen LogP contribution in [-0.4, -0.2) is 87.5 Å². The van der Waals surface area contributed by atoms with Crippen LogP contribution in [0.5, 0.6) is 0 Å². The predicted molar refractivity (Wildman–Crippen MR) is 235 cm³/mol. The number of ether oxygens (including phenoxy) is 2. The predicted octanol–water partition coefficient (Wildman–Crippen LogP) is 10.3. The molecule has 1 aliphatic heterocycles. The van der Waals surface area contributed by atoms with E-state index >= 15 is 0 Å². The molecule has 0 aromatic carbocycles. The summed E-state index contributed by atoms with van der Waals surface area (Å²) in [7, 11) is 0. The van der Waals surface area contributed by atoms with Crippen molar-refractivity contribution in [3.8, 4) is 0 Å². The lowest BCUT2D eigenvalue weighted by Gasteiger charge is -2.40. The van der Waals surface area contributed by atoms with Gasteiger partial charge in [-0.3, -0.25) is 4.79 Å². The van der Waals surface area contributed by atoms with Gasteiger partial charge in [0, 0.05) is 6.42 Å². The molecule has 9 nitrogen and oxygen atoms in total. The Morgan fingerprint density at radius 2 is 1.00 bits per heavy atom. The summed E-state index contributed by atoms with van der Waals surface area (Å²) in [6.45, 7) is 3.75. The fourth-order valence-corrected chi connectivity index (χ4v) is 7.64. The molecule has 0 saturated carbocycles. The number of unbranched alkanes of at least 4 members (excludes halogenated alkanes) is 28. The van der Waals surface area contributed by atoms with Crippen LogP contribution in [0.1, 0.15) is 219 Å². The van der Waals surface area contributed by atoms with Gasteiger partial charge >= 0.3 is 0 Å². The van der Waals surface area contributed by atoms with Crippen molar-refractivity contribution in [2.24, 2.45) is 0 Å². The zero-order valence-corrected chi connectivity index (χ0v) is 36.9. The fourth-order valence-electron chi connectivity index (χ4n) is 7.64. The van der Waals surface area contributed by atoms with Crippen molar-refractivity contribution < 1.29 is 39.8 Å². The minimum Gasteiger partial charge on any atom is -0.394 e. The normalized spacial score (nSPS) is 21.1. The summed E-state index contributed by atoms with van der Waals surface area (Å²) < 4.78 is 11.2. The van der Waals surface area contributed by atoms with E-state index in [0.29, 0.717) is 6.42 Å². The van der Waals surface area contributed by atoms with Crippen LogP contribution >= 0.6 is 0 Å². The highest BCUT2D eigenvalue weighted by molar-refractivity contribution is 5.76. The summed E-state index contributed by atoms with van der Waals surface area (Å²) in [5, 5.41) is 54.1. The number of carbonyl (C=O) groups excluding carboxylic acids is 1. The van der Waals surface area contributed by atoms with Crippen molar-refractivity contribution in [2.45, 2.75) is 262 Å². The highest BCUT2D eigenvalue weighted by atomic mass is 16.7. The van der Waals surface area contributed by atoms with Crippen molar-refractivity contribution in [2.75, 3.05) is 13.2 Å². The molecule has 0 aromatic rings. The van der Waals surface area contributed by atoms with Crippen molar-refractivity contribution in [3.63, 3.8) is 0 Å². The van der Waals surface area contributed by atoms with E-state index in [9.17, 15) is 30.3 Å².